The maximum absolute atomic E-state index is 10.4. The summed E-state index contributed by atoms with van der Waals surface area (Å²) >= 11 is 0. The molecule has 0 fully saturated rings. The van der Waals surface area contributed by atoms with Crippen molar-refractivity contribution in [3.05, 3.63) is 54.1 Å². The average molecular weight is 261 g/mol. The number of aromatic hydroxyl groups is 1. The van der Waals surface area contributed by atoms with Gasteiger partial charge >= 0.3 is 0 Å². The Labute approximate surface area is 114 Å². The van der Waals surface area contributed by atoms with Gasteiger partial charge in [0.2, 0.25) is 0 Å². The molecule has 0 heterocycles. The molecule has 0 atom stereocenters. The van der Waals surface area contributed by atoms with Gasteiger partial charge in [0.25, 0.3) is 0 Å². The summed E-state index contributed by atoms with van der Waals surface area (Å²) in [5.41, 5.74) is 0.512. The monoisotopic (exact) mass is 261 g/mol. The highest BCUT2D eigenvalue weighted by molar-refractivity contribution is 6.25. The van der Waals surface area contributed by atoms with E-state index in [0.717, 1.165) is 32.3 Å². The number of hydrogen-bond donors (Lipinski definition) is 2. The lowest BCUT2D eigenvalue weighted by Gasteiger charge is -2.12. The third-order valence-corrected chi connectivity index (χ3v) is 3.85. The third kappa shape index (κ3) is 1.32. The molecule has 0 bridgehead atoms. The zero-order chi connectivity index (χ0) is 13.7. The SMILES string of the molecule is O/N=C/c1cc2ccc3cccc4ccc(c1O)c2c34. The molecule has 0 saturated carbocycles. The molecule has 0 aliphatic carbocycles. The molecule has 96 valence electrons. The van der Waals surface area contributed by atoms with E-state index in [0.29, 0.717) is 5.56 Å². The molecule has 0 radical (unpaired) electrons. The van der Waals surface area contributed by atoms with Crippen LogP contribution in [0.1, 0.15) is 5.56 Å². The van der Waals surface area contributed by atoms with E-state index >= 15 is 0 Å². The predicted molar refractivity (Wildman–Crippen MR) is 81.2 cm³/mol. The molecule has 0 aliphatic heterocycles. The van der Waals surface area contributed by atoms with Crippen LogP contribution in [0.2, 0.25) is 0 Å². The van der Waals surface area contributed by atoms with Crippen LogP contribution in [0.3, 0.4) is 0 Å². The molecule has 0 unspecified atom stereocenters. The van der Waals surface area contributed by atoms with Crippen LogP contribution in [-0.4, -0.2) is 16.5 Å². The lowest BCUT2D eigenvalue weighted by molar-refractivity contribution is 0.321. The molecule has 4 aromatic rings. The number of oxime groups is 1. The highest BCUT2D eigenvalue weighted by Crippen LogP contribution is 2.39. The van der Waals surface area contributed by atoms with Crippen LogP contribution in [0.25, 0.3) is 32.3 Å². The second kappa shape index (κ2) is 3.84. The number of phenols is 1. The van der Waals surface area contributed by atoms with Gasteiger partial charge in [-0.2, -0.15) is 0 Å². The summed E-state index contributed by atoms with van der Waals surface area (Å²) < 4.78 is 0. The van der Waals surface area contributed by atoms with E-state index in [2.05, 4.69) is 23.4 Å². The first kappa shape index (κ1) is 11.1. The standard InChI is InChI=1S/C17H11NO2/c19-17-13(9-18-20)8-12-5-4-10-2-1-3-11-6-7-14(17)16(12)15(10)11/h1-9,19-20H/b18-9+. The molecule has 0 spiro atoms. The minimum atomic E-state index is 0.147. The van der Waals surface area contributed by atoms with Crippen molar-refractivity contribution in [1.29, 1.82) is 0 Å². The maximum Gasteiger partial charge on any atom is 0.132 e. The smallest absolute Gasteiger partial charge is 0.132 e. The van der Waals surface area contributed by atoms with Gasteiger partial charge in [-0.25, -0.2) is 0 Å². The van der Waals surface area contributed by atoms with Crippen molar-refractivity contribution in [2.75, 3.05) is 0 Å². The van der Waals surface area contributed by atoms with Crippen LogP contribution in [0.5, 0.6) is 5.75 Å². The number of phenolic OH excluding ortho intramolecular Hbond substituents is 1. The molecule has 0 aromatic heterocycles. The van der Waals surface area contributed by atoms with Gasteiger partial charge in [-0.3, -0.25) is 0 Å². The Morgan fingerprint density at radius 2 is 1.55 bits per heavy atom. The van der Waals surface area contributed by atoms with Gasteiger partial charge in [0.1, 0.15) is 5.75 Å². The van der Waals surface area contributed by atoms with E-state index in [-0.39, 0.29) is 5.75 Å². The third-order valence-electron chi connectivity index (χ3n) is 3.85. The average Bonchev–Trinajstić information content (AvgIpc) is 2.48. The van der Waals surface area contributed by atoms with E-state index < -0.39 is 0 Å². The highest BCUT2D eigenvalue weighted by Gasteiger charge is 2.13. The van der Waals surface area contributed by atoms with Crippen molar-refractivity contribution in [1.82, 2.24) is 0 Å². The zero-order valence-corrected chi connectivity index (χ0v) is 10.5. The fraction of sp³-hybridized carbons (Fsp3) is 0. The van der Waals surface area contributed by atoms with E-state index in [1.165, 1.54) is 6.21 Å². The molecule has 0 amide bonds. The van der Waals surface area contributed by atoms with Crippen LogP contribution < -0.4 is 0 Å². The second-order valence-electron chi connectivity index (χ2n) is 4.92. The molecular formula is C17H11NO2. The summed E-state index contributed by atoms with van der Waals surface area (Å²) in [6.07, 6.45) is 1.25. The first-order chi connectivity index (χ1) is 9.79. The molecule has 4 aromatic carbocycles. The summed E-state index contributed by atoms with van der Waals surface area (Å²) in [6.45, 7) is 0. The minimum Gasteiger partial charge on any atom is -0.507 e. The Kier molecular flexibility index (Phi) is 2.12. The van der Waals surface area contributed by atoms with E-state index in [9.17, 15) is 5.11 Å². The van der Waals surface area contributed by atoms with Crippen LogP contribution in [0.4, 0.5) is 0 Å². The first-order valence-corrected chi connectivity index (χ1v) is 6.36. The number of nitrogens with zero attached hydrogens (tertiary/aromatic N) is 1. The molecule has 2 N–H and O–H groups in total. The molecular weight excluding hydrogens is 250 g/mol. The fourth-order valence-electron chi connectivity index (χ4n) is 2.98. The number of benzene rings is 4. The van der Waals surface area contributed by atoms with E-state index in [1.807, 2.05) is 30.3 Å². The van der Waals surface area contributed by atoms with Crippen molar-refractivity contribution in [2.24, 2.45) is 5.16 Å². The van der Waals surface area contributed by atoms with E-state index in [4.69, 9.17) is 5.21 Å². The minimum absolute atomic E-state index is 0.147. The Hall–Kier alpha value is -2.81. The predicted octanol–water partition coefficient (Wildman–Crippen LogP) is 4.10. The van der Waals surface area contributed by atoms with Crippen LogP contribution >= 0.6 is 0 Å². The number of rotatable bonds is 1. The van der Waals surface area contributed by atoms with Crippen molar-refractivity contribution >= 4 is 38.5 Å². The van der Waals surface area contributed by atoms with Crippen molar-refractivity contribution in [3.8, 4) is 5.75 Å². The lowest BCUT2D eigenvalue weighted by atomic mass is 9.92. The van der Waals surface area contributed by atoms with Crippen LogP contribution in [-0.2, 0) is 0 Å². The van der Waals surface area contributed by atoms with Crippen LogP contribution in [0.15, 0.2) is 53.7 Å². The highest BCUT2D eigenvalue weighted by atomic mass is 16.4. The van der Waals surface area contributed by atoms with Gasteiger partial charge in [0.15, 0.2) is 0 Å². The summed E-state index contributed by atoms with van der Waals surface area (Å²) in [7, 11) is 0. The Bertz CT molecular complexity index is 957. The van der Waals surface area contributed by atoms with Gasteiger partial charge in [-0.05, 0) is 33.7 Å². The maximum atomic E-state index is 10.4. The Morgan fingerprint density at radius 1 is 0.850 bits per heavy atom. The lowest BCUT2D eigenvalue weighted by Crippen LogP contribution is -1.89. The Morgan fingerprint density at radius 3 is 2.30 bits per heavy atom. The molecule has 4 rings (SSSR count). The van der Waals surface area contributed by atoms with Gasteiger partial charge in [-0.15, -0.1) is 0 Å². The molecule has 3 heteroatoms. The van der Waals surface area contributed by atoms with Crippen molar-refractivity contribution in [2.45, 2.75) is 0 Å². The second-order valence-corrected chi connectivity index (χ2v) is 4.92. The summed E-state index contributed by atoms with van der Waals surface area (Å²) in [5, 5.41) is 28.4. The number of hydrogen-bond acceptors (Lipinski definition) is 3. The van der Waals surface area contributed by atoms with Crippen molar-refractivity contribution < 1.29 is 10.3 Å². The van der Waals surface area contributed by atoms with Gasteiger partial charge in [0.05, 0.1) is 6.21 Å². The largest absolute Gasteiger partial charge is 0.507 e. The molecule has 20 heavy (non-hydrogen) atoms. The zero-order valence-electron chi connectivity index (χ0n) is 10.5. The summed E-state index contributed by atoms with van der Waals surface area (Å²) in [6, 6.07) is 16.0. The summed E-state index contributed by atoms with van der Waals surface area (Å²) in [5.74, 6) is 0.147. The fourth-order valence-corrected chi connectivity index (χ4v) is 2.98. The van der Waals surface area contributed by atoms with Crippen LogP contribution in [0, 0.1) is 0 Å². The molecule has 0 saturated heterocycles. The topological polar surface area (TPSA) is 52.8 Å². The van der Waals surface area contributed by atoms with Gasteiger partial charge < -0.3 is 10.3 Å². The molecule has 3 nitrogen and oxygen atoms in total. The quantitative estimate of drug-likeness (QED) is 0.234. The first-order valence-electron chi connectivity index (χ1n) is 6.36. The Balaban J connectivity index is 2.32. The van der Waals surface area contributed by atoms with Crippen molar-refractivity contribution in [3.63, 3.8) is 0 Å². The summed E-state index contributed by atoms with van der Waals surface area (Å²) in [4.78, 5) is 0. The molecule has 0 aliphatic rings. The van der Waals surface area contributed by atoms with Gasteiger partial charge in [-0.1, -0.05) is 41.6 Å². The van der Waals surface area contributed by atoms with Gasteiger partial charge in [0, 0.05) is 16.3 Å². The van der Waals surface area contributed by atoms with E-state index in [1.54, 1.807) is 0 Å². The normalized spacial score (nSPS) is 12.2.